The first-order chi connectivity index (χ1) is 11.6. The molecular weight excluding hydrogens is 322 g/mol. The van der Waals surface area contributed by atoms with E-state index in [1.54, 1.807) is 6.20 Å². The predicted octanol–water partition coefficient (Wildman–Crippen LogP) is 3.65. The summed E-state index contributed by atoms with van der Waals surface area (Å²) >= 11 is 1.43. The van der Waals surface area contributed by atoms with E-state index < -0.39 is 0 Å². The highest BCUT2D eigenvalue weighted by Crippen LogP contribution is 2.19. The Morgan fingerprint density at radius 2 is 2.00 bits per heavy atom. The molecule has 0 bridgehead atoms. The lowest BCUT2D eigenvalue weighted by molar-refractivity contribution is 0.262. The summed E-state index contributed by atoms with van der Waals surface area (Å²) in [6.07, 6.45) is 5.23. The average molecular weight is 345 g/mol. The van der Waals surface area contributed by atoms with E-state index in [4.69, 9.17) is 11.1 Å². The summed E-state index contributed by atoms with van der Waals surface area (Å²) < 4.78 is 0. The van der Waals surface area contributed by atoms with E-state index >= 15 is 0 Å². The monoisotopic (exact) mass is 345 g/mol. The molecule has 1 aromatic carbocycles. The number of aryl methyl sites for hydroxylation is 1. The van der Waals surface area contributed by atoms with Crippen LogP contribution in [0.4, 0.5) is 15.6 Å². The summed E-state index contributed by atoms with van der Waals surface area (Å²) in [6, 6.07) is 7.45. The topological polar surface area (TPSA) is 104 Å². The number of rotatable bonds is 8. The number of aromatic nitrogens is 1. The Hall–Kier alpha value is -2.25. The normalized spacial score (nSPS) is 10.4. The van der Waals surface area contributed by atoms with Gasteiger partial charge in [0.1, 0.15) is 0 Å². The number of nitrogens with one attached hydrogen (secondary N) is 3. The summed E-state index contributed by atoms with van der Waals surface area (Å²) in [5.41, 5.74) is 8.15. The minimum Gasteiger partial charge on any atom is -0.330 e. The molecule has 0 aliphatic carbocycles. The van der Waals surface area contributed by atoms with Crippen LogP contribution in [0, 0.1) is 5.41 Å². The second-order valence-corrected chi connectivity index (χ2v) is 6.70. The molecule has 128 valence electrons. The van der Waals surface area contributed by atoms with Crippen molar-refractivity contribution in [2.24, 2.45) is 5.73 Å². The zero-order valence-electron chi connectivity index (χ0n) is 13.8. The van der Waals surface area contributed by atoms with Gasteiger partial charge in [0.05, 0.1) is 0 Å². The molecule has 0 radical (unpaired) electrons. The number of amides is 2. The van der Waals surface area contributed by atoms with Gasteiger partial charge in [-0.15, -0.1) is 11.3 Å². The number of hydrogen-bond acceptors (Lipinski definition) is 5. The van der Waals surface area contributed by atoms with Crippen molar-refractivity contribution in [3.05, 3.63) is 40.9 Å². The van der Waals surface area contributed by atoms with E-state index in [1.165, 1.54) is 16.9 Å². The molecule has 0 fully saturated rings. The maximum Gasteiger partial charge on any atom is 0.325 e. The summed E-state index contributed by atoms with van der Waals surface area (Å²) in [5, 5.41) is 13.5. The third-order valence-electron chi connectivity index (χ3n) is 3.39. The molecule has 1 heterocycles. The minimum atomic E-state index is -0.309. The second kappa shape index (κ2) is 9.14. The molecule has 0 aliphatic heterocycles. The predicted molar refractivity (Wildman–Crippen MR) is 100 cm³/mol. The van der Waals surface area contributed by atoms with Crippen molar-refractivity contribution in [1.82, 2.24) is 4.98 Å². The number of nitrogens with two attached hydrogens (primary N) is 1. The number of carbonyl (C=O) groups is 1. The van der Waals surface area contributed by atoms with Crippen molar-refractivity contribution in [3.8, 4) is 0 Å². The molecule has 2 amide bonds. The standard InChI is InChI=1S/C17H23N5OS/c1-12(19)3-2-4-13-5-7-14(8-6-13)21-16(23)22-17-20-11-15(24-17)9-10-18/h5-8,11,19H,2-4,9-10,18H2,1H3,(H2,20,21,22,23). The third kappa shape index (κ3) is 6.10. The second-order valence-electron chi connectivity index (χ2n) is 5.58. The molecular formula is C17H23N5OS. The van der Waals surface area contributed by atoms with Crippen LogP contribution in [0.5, 0.6) is 0 Å². The molecule has 5 N–H and O–H groups in total. The first-order valence-corrected chi connectivity index (χ1v) is 8.74. The highest BCUT2D eigenvalue weighted by atomic mass is 32.1. The van der Waals surface area contributed by atoms with Crippen LogP contribution >= 0.6 is 11.3 Å². The maximum absolute atomic E-state index is 12.0. The van der Waals surface area contributed by atoms with Crippen LogP contribution in [0.2, 0.25) is 0 Å². The fraction of sp³-hybridized carbons (Fsp3) is 0.353. The molecule has 0 unspecified atom stereocenters. The Bertz CT molecular complexity index is 681. The lowest BCUT2D eigenvalue weighted by atomic mass is 10.1. The Morgan fingerprint density at radius 3 is 2.67 bits per heavy atom. The minimum absolute atomic E-state index is 0.309. The van der Waals surface area contributed by atoms with Crippen molar-refractivity contribution < 1.29 is 4.79 Å². The molecule has 6 nitrogen and oxygen atoms in total. The maximum atomic E-state index is 12.0. The van der Waals surface area contributed by atoms with Crippen molar-refractivity contribution in [1.29, 1.82) is 5.41 Å². The lowest BCUT2D eigenvalue weighted by Gasteiger charge is -2.07. The smallest absolute Gasteiger partial charge is 0.325 e. The van der Waals surface area contributed by atoms with Crippen LogP contribution in [-0.4, -0.2) is 23.3 Å². The fourth-order valence-corrected chi connectivity index (χ4v) is 3.02. The van der Waals surface area contributed by atoms with Gasteiger partial charge in [0.15, 0.2) is 5.13 Å². The molecule has 0 saturated carbocycles. The van der Waals surface area contributed by atoms with Gasteiger partial charge in [-0.25, -0.2) is 9.78 Å². The Morgan fingerprint density at radius 1 is 1.25 bits per heavy atom. The SMILES string of the molecule is CC(=N)CCCc1ccc(NC(=O)Nc2ncc(CCN)s2)cc1. The molecule has 1 aromatic heterocycles. The summed E-state index contributed by atoms with van der Waals surface area (Å²) in [7, 11) is 0. The molecule has 2 aromatic rings. The van der Waals surface area contributed by atoms with Crippen molar-refractivity contribution in [2.45, 2.75) is 32.6 Å². The van der Waals surface area contributed by atoms with E-state index in [0.29, 0.717) is 17.4 Å². The van der Waals surface area contributed by atoms with Gasteiger partial charge in [-0.3, -0.25) is 5.32 Å². The number of thiazole rings is 1. The number of nitrogens with zero attached hydrogens (tertiary/aromatic N) is 1. The molecule has 2 rings (SSSR count). The van der Waals surface area contributed by atoms with Gasteiger partial charge in [-0.1, -0.05) is 12.1 Å². The van der Waals surface area contributed by atoms with E-state index in [1.807, 2.05) is 31.2 Å². The Labute approximate surface area is 146 Å². The zero-order chi connectivity index (χ0) is 17.4. The fourth-order valence-electron chi connectivity index (χ4n) is 2.20. The highest BCUT2D eigenvalue weighted by Gasteiger charge is 2.06. The van der Waals surface area contributed by atoms with Crippen LogP contribution in [0.3, 0.4) is 0 Å². The van der Waals surface area contributed by atoms with Gasteiger partial charge < -0.3 is 16.5 Å². The number of carbonyl (C=O) groups excluding carboxylic acids is 1. The number of hydrogen-bond donors (Lipinski definition) is 4. The summed E-state index contributed by atoms with van der Waals surface area (Å²) in [5.74, 6) is 0. The highest BCUT2D eigenvalue weighted by molar-refractivity contribution is 7.15. The number of anilines is 2. The van der Waals surface area contributed by atoms with Crippen LogP contribution in [0.25, 0.3) is 0 Å². The van der Waals surface area contributed by atoms with Crippen LogP contribution < -0.4 is 16.4 Å². The van der Waals surface area contributed by atoms with Crippen LogP contribution in [0.15, 0.2) is 30.5 Å². The Balaban J connectivity index is 1.81. The van der Waals surface area contributed by atoms with Gasteiger partial charge in [-0.05, 0) is 56.8 Å². The number of urea groups is 1. The van der Waals surface area contributed by atoms with Gasteiger partial charge in [0.25, 0.3) is 0 Å². The van der Waals surface area contributed by atoms with Crippen molar-refractivity contribution in [2.75, 3.05) is 17.2 Å². The van der Waals surface area contributed by atoms with Crippen LogP contribution in [0.1, 0.15) is 30.2 Å². The molecule has 24 heavy (non-hydrogen) atoms. The van der Waals surface area contributed by atoms with E-state index in [9.17, 15) is 4.79 Å². The molecule has 0 spiro atoms. The third-order valence-corrected chi connectivity index (χ3v) is 4.37. The molecule has 0 atom stereocenters. The van der Waals surface area contributed by atoms with E-state index in [-0.39, 0.29) is 6.03 Å². The largest absolute Gasteiger partial charge is 0.330 e. The average Bonchev–Trinajstić information content (AvgIpc) is 2.96. The van der Waals surface area contributed by atoms with Crippen LogP contribution in [-0.2, 0) is 12.8 Å². The van der Waals surface area contributed by atoms with Gasteiger partial charge in [-0.2, -0.15) is 0 Å². The van der Waals surface area contributed by atoms with Gasteiger partial charge >= 0.3 is 6.03 Å². The molecule has 0 aliphatic rings. The number of benzene rings is 1. The molecule has 0 saturated heterocycles. The Kier molecular flexibility index (Phi) is 6.89. The summed E-state index contributed by atoms with van der Waals surface area (Å²) in [4.78, 5) is 17.2. The van der Waals surface area contributed by atoms with Gasteiger partial charge in [0, 0.05) is 22.5 Å². The molecule has 7 heteroatoms. The van der Waals surface area contributed by atoms with E-state index in [0.717, 1.165) is 36.2 Å². The van der Waals surface area contributed by atoms with Crippen molar-refractivity contribution in [3.63, 3.8) is 0 Å². The first kappa shape index (κ1) is 18.1. The quantitative estimate of drug-likeness (QED) is 0.549. The zero-order valence-corrected chi connectivity index (χ0v) is 14.6. The summed E-state index contributed by atoms with van der Waals surface area (Å²) in [6.45, 7) is 2.40. The lowest BCUT2D eigenvalue weighted by Crippen LogP contribution is -2.19. The van der Waals surface area contributed by atoms with Gasteiger partial charge in [0.2, 0.25) is 0 Å². The van der Waals surface area contributed by atoms with E-state index in [2.05, 4.69) is 15.6 Å². The van der Waals surface area contributed by atoms with Crippen molar-refractivity contribution >= 4 is 33.9 Å². The first-order valence-electron chi connectivity index (χ1n) is 7.92.